The summed E-state index contributed by atoms with van der Waals surface area (Å²) >= 11 is 1.86. The van der Waals surface area contributed by atoms with E-state index in [1.165, 1.54) is 30.6 Å². The van der Waals surface area contributed by atoms with Gasteiger partial charge in [-0.2, -0.15) is 0 Å². The molecule has 17 heavy (non-hydrogen) atoms. The molecule has 1 aromatic rings. The van der Waals surface area contributed by atoms with Crippen LogP contribution >= 0.6 is 11.3 Å². The van der Waals surface area contributed by atoms with E-state index in [1.54, 1.807) is 0 Å². The summed E-state index contributed by atoms with van der Waals surface area (Å²) in [7, 11) is 2.06. The summed E-state index contributed by atoms with van der Waals surface area (Å²) in [6.07, 6.45) is 5.46. The van der Waals surface area contributed by atoms with Gasteiger partial charge in [-0.15, -0.1) is 11.3 Å². The highest BCUT2D eigenvalue weighted by Gasteiger charge is 2.36. The third kappa shape index (κ3) is 3.80. The minimum Gasteiger partial charge on any atom is -0.377 e. The van der Waals surface area contributed by atoms with Crippen LogP contribution in [0.4, 0.5) is 0 Å². The fourth-order valence-electron chi connectivity index (χ4n) is 2.42. The maximum Gasteiger partial charge on any atom is 0.0755 e. The van der Waals surface area contributed by atoms with Crippen molar-refractivity contribution >= 4 is 11.3 Å². The summed E-state index contributed by atoms with van der Waals surface area (Å²) in [6, 6.07) is 4.86. The maximum absolute atomic E-state index is 5.93. The Balaban J connectivity index is 1.85. The van der Waals surface area contributed by atoms with Crippen molar-refractivity contribution in [1.29, 1.82) is 0 Å². The number of hydrogen-bond donors (Lipinski definition) is 1. The minimum absolute atomic E-state index is 0.421. The lowest BCUT2D eigenvalue weighted by molar-refractivity contribution is 0.0190. The molecule has 1 N–H and O–H groups in total. The van der Waals surface area contributed by atoms with Gasteiger partial charge in [0, 0.05) is 17.5 Å². The van der Waals surface area contributed by atoms with Gasteiger partial charge in [0.05, 0.1) is 6.10 Å². The highest BCUT2D eigenvalue weighted by Crippen LogP contribution is 2.36. The molecule has 2 nitrogen and oxygen atoms in total. The molecule has 0 spiro atoms. The van der Waals surface area contributed by atoms with Gasteiger partial charge in [-0.3, -0.25) is 0 Å². The second kappa shape index (κ2) is 6.53. The second-order valence-electron chi connectivity index (χ2n) is 4.77. The predicted molar refractivity (Wildman–Crippen MR) is 73.6 cm³/mol. The number of thiophene rings is 1. The van der Waals surface area contributed by atoms with Crippen LogP contribution in [-0.4, -0.2) is 25.8 Å². The first kappa shape index (κ1) is 13.1. The highest BCUT2D eigenvalue weighted by molar-refractivity contribution is 7.09. The van der Waals surface area contributed by atoms with Gasteiger partial charge in [-0.25, -0.2) is 0 Å². The molecule has 96 valence electrons. The average Bonchev–Trinajstić information content (AvgIpc) is 3.05. The van der Waals surface area contributed by atoms with Crippen molar-refractivity contribution in [2.45, 2.75) is 44.8 Å². The van der Waals surface area contributed by atoms with Crippen LogP contribution in [-0.2, 0) is 11.2 Å². The van der Waals surface area contributed by atoms with Gasteiger partial charge in [-0.05, 0) is 57.0 Å². The Hall–Kier alpha value is -0.380. The Labute approximate surface area is 108 Å². The van der Waals surface area contributed by atoms with Gasteiger partial charge in [0.2, 0.25) is 0 Å². The van der Waals surface area contributed by atoms with Crippen LogP contribution in [0, 0.1) is 5.92 Å². The van der Waals surface area contributed by atoms with E-state index in [2.05, 4.69) is 36.8 Å². The zero-order valence-electron chi connectivity index (χ0n) is 10.8. The van der Waals surface area contributed by atoms with Gasteiger partial charge in [0.25, 0.3) is 0 Å². The van der Waals surface area contributed by atoms with E-state index < -0.39 is 0 Å². The summed E-state index contributed by atoms with van der Waals surface area (Å²) in [6.45, 7) is 2.93. The molecule has 0 amide bonds. The van der Waals surface area contributed by atoms with Crippen LogP contribution < -0.4 is 5.32 Å². The van der Waals surface area contributed by atoms with Crippen LogP contribution in [0.5, 0.6) is 0 Å². The molecule has 2 unspecified atom stereocenters. The van der Waals surface area contributed by atoms with E-state index >= 15 is 0 Å². The van der Waals surface area contributed by atoms with Gasteiger partial charge in [0.15, 0.2) is 0 Å². The monoisotopic (exact) mass is 253 g/mol. The first-order valence-corrected chi connectivity index (χ1v) is 7.54. The van der Waals surface area contributed by atoms with Crippen molar-refractivity contribution in [3.8, 4) is 0 Å². The number of aryl methyl sites for hydroxylation is 1. The first-order chi connectivity index (χ1) is 8.35. The standard InChI is InChI=1S/C14H23NOS/c1-3-16-14(11-6-7-11)13(15-2)9-8-12-5-4-10-17-12/h4-5,10-11,13-15H,3,6-9H2,1-2H3. The summed E-state index contributed by atoms with van der Waals surface area (Å²) in [4.78, 5) is 1.48. The molecule has 1 aliphatic rings. The summed E-state index contributed by atoms with van der Waals surface area (Å²) in [5.41, 5.74) is 0. The van der Waals surface area contributed by atoms with Crippen molar-refractivity contribution in [3.63, 3.8) is 0 Å². The van der Waals surface area contributed by atoms with Crippen LogP contribution in [0.1, 0.15) is 31.1 Å². The van der Waals surface area contributed by atoms with Crippen LogP contribution in [0.2, 0.25) is 0 Å². The zero-order valence-corrected chi connectivity index (χ0v) is 11.6. The molecule has 0 aliphatic heterocycles. The van der Waals surface area contributed by atoms with Gasteiger partial charge in [-0.1, -0.05) is 6.07 Å². The molecule has 1 aromatic heterocycles. The molecular formula is C14H23NOS. The van der Waals surface area contributed by atoms with Crippen molar-refractivity contribution in [3.05, 3.63) is 22.4 Å². The number of rotatable bonds is 8. The summed E-state index contributed by atoms with van der Waals surface area (Å²) in [5.74, 6) is 0.802. The minimum atomic E-state index is 0.421. The Kier molecular flexibility index (Phi) is 5.01. The summed E-state index contributed by atoms with van der Waals surface area (Å²) < 4.78 is 5.93. The number of ether oxygens (including phenoxy) is 1. The Morgan fingerprint density at radius 3 is 2.88 bits per heavy atom. The third-order valence-corrected chi connectivity index (χ3v) is 4.43. The van der Waals surface area contributed by atoms with Gasteiger partial charge < -0.3 is 10.1 Å². The van der Waals surface area contributed by atoms with Crippen molar-refractivity contribution < 1.29 is 4.74 Å². The summed E-state index contributed by atoms with van der Waals surface area (Å²) in [5, 5.41) is 5.61. The van der Waals surface area contributed by atoms with Crippen molar-refractivity contribution in [1.82, 2.24) is 5.32 Å². The molecule has 1 aliphatic carbocycles. The quantitative estimate of drug-likeness (QED) is 0.769. The fourth-order valence-corrected chi connectivity index (χ4v) is 3.15. The first-order valence-electron chi connectivity index (χ1n) is 6.66. The normalized spacial score (nSPS) is 19.2. The van der Waals surface area contributed by atoms with Gasteiger partial charge in [0.1, 0.15) is 0 Å². The molecule has 2 rings (SSSR count). The lowest BCUT2D eigenvalue weighted by Gasteiger charge is -2.26. The molecule has 1 heterocycles. The Bertz CT molecular complexity index is 308. The van der Waals surface area contributed by atoms with Gasteiger partial charge >= 0.3 is 0 Å². The molecule has 1 fully saturated rings. The maximum atomic E-state index is 5.93. The SMILES string of the molecule is CCOC(C1CC1)C(CCc1cccs1)NC. The number of nitrogens with one attached hydrogen (secondary N) is 1. The molecule has 0 aromatic carbocycles. The third-order valence-electron chi connectivity index (χ3n) is 3.49. The van der Waals surface area contributed by atoms with E-state index in [4.69, 9.17) is 4.74 Å². The van der Waals surface area contributed by atoms with Crippen LogP contribution in [0.15, 0.2) is 17.5 Å². The molecule has 2 atom stereocenters. The number of hydrogen-bond acceptors (Lipinski definition) is 3. The lowest BCUT2D eigenvalue weighted by atomic mass is 10.0. The van der Waals surface area contributed by atoms with Crippen molar-refractivity contribution in [2.24, 2.45) is 5.92 Å². The predicted octanol–water partition coefficient (Wildman–Crippen LogP) is 3.08. The molecular weight excluding hydrogens is 230 g/mol. The molecule has 0 bridgehead atoms. The topological polar surface area (TPSA) is 21.3 Å². The number of likely N-dealkylation sites (N-methyl/N-ethyl adjacent to an activating group) is 1. The van der Waals surface area contributed by atoms with E-state index in [0.29, 0.717) is 12.1 Å². The Morgan fingerprint density at radius 2 is 2.35 bits per heavy atom. The van der Waals surface area contributed by atoms with E-state index in [-0.39, 0.29) is 0 Å². The lowest BCUT2D eigenvalue weighted by Crippen LogP contribution is -2.41. The van der Waals surface area contributed by atoms with E-state index in [0.717, 1.165) is 12.5 Å². The van der Waals surface area contributed by atoms with E-state index in [9.17, 15) is 0 Å². The fraction of sp³-hybridized carbons (Fsp3) is 0.714. The van der Waals surface area contributed by atoms with Crippen LogP contribution in [0.25, 0.3) is 0 Å². The largest absolute Gasteiger partial charge is 0.377 e. The molecule has 0 radical (unpaired) electrons. The smallest absolute Gasteiger partial charge is 0.0755 e. The zero-order chi connectivity index (χ0) is 12.1. The highest BCUT2D eigenvalue weighted by atomic mass is 32.1. The van der Waals surface area contributed by atoms with E-state index in [1.807, 2.05) is 11.3 Å². The van der Waals surface area contributed by atoms with Crippen LogP contribution in [0.3, 0.4) is 0 Å². The second-order valence-corrected chi connectivity index (χ2v) is 5.80. The molecule has 0 saturated heterocycles. The average molecular weight is 253 g/mol. The molecule has 1 saturated carbocycles. The Morgan fingerprint density at radius 1 is 1.53 bits per heavy atom. The van der Waals surface area contributed by atoms with Crippen molar-refractivity contribution in [2.75, 3.05) is 13.7 Å². The molecule has 3 heteroatoms.